The number of hydrogen-bond acceptors (Lipinski definition) is 3. The molecule has 0 aromatic carbocycles. The van der Waals surface area contributed by atoms with Gasteiger partial charge in [0.25, 0.3) is 0 Å². The highest BCUT2D eigenvalue weighted by Gasteiger charge is 2.39. The smallest absolute Gasteiger partial charge is 0.240 e. The summed E-state index contributed by atoms with van der Waals surface area (Å²) in [4.78, 5) is 14.6. The molecular weight excluding hydrogens is 216 g/mol. The number of nitrogens with one attached hydrogen (secondary N) is 1. The van der Waals surface area contributed by atoms with Gasteiger partial charge >= 0.3 is 0 Å². The van der Waals surface area contributed by atoms with Crippen LogP contribution in [0.1, 0.15) is 39.5 Å². The molecular formula is C13H24N2O2. The molecule has 2 aliphatic heterocycles. The molecule has 4 atom stereocenters. The zero-order chi connectivity index (χ0) is 12.4. The van der Waals surface area contributed by atoms with Crippen LogP contribution in [0, 0.1) is 0 Å². The fourth-order valence-electron chi connectivity index (χ4n) is 3.12. The molecule has 2 fully saturated rings. The summed E-state index contributed by atoms with van der Waals surface area (Å²) in [6.45, 7) is 5.13. The Morgan fingerprint density at radius 3 is 2.82 bits per heavy atom. The molecule has 2 aliphatic rings. The number of likely N-dealkylation sites (tertiary alicyclic amines) is 1. The number of nitrogens with zero attached hydrogens (tertiary/aromatic N) is 1. The molecule has 2 rings (SSSR count). The van der Waals surface area contributed by atoms with Crippen molar-refractivity contribution in [2.75, 3.05) is 13.7 Å². The monoisotopic (exact) mass is 240 g/mol. The Morgan fingerprint density at radius 1 is 1.47 bits per heavy atom. The van der Waals surface area contributed by atoms with E-state index < -0.39 is 0 Å². The Labute approximate surface area is 104 Å². The van der Waals surface area contributed by atoms with Crippen LogP contribution in [0.3, 0.4) is 0 Å². The molecule has 0 aromatic heterocycles. The van der Waals surface area contributed by atoms with Crippen LogP contribution in [0.5, 0.6) is 0 Å². The number of amides is 1. The third-order valence-corrected chi connectivity index (χ3v) is 4.23. The van der Waals surface area contributed by atoms with E-state index in [-0.39, 0.29) is 18.1 Å². The van der Waals surface area contributed by atoms with Gasteiger partial charge < -0.3 is 15.0 Å². The van der Waals surface area contributed by atoms with Crippen molar-refractivity contribution in [3.05, 3.63) is 0 Å². The summed E-state index contributed by atoms with van der Waals surface area (Å²) in [6.07, 6.45) is 4.38. The molecule has 0 bridgehead atoms. The molecule has 98 valence electrons. The van der Waals surface area contributed by atoms with E-state index in [1.54, 1.807) is 7.11 Å². The lowest BCUT2D eigenvalue weighted by Crippen LogP contribution is -2.48. The van der Waals surface area contributed by atoms with Crippen LogP contribution >= 0.6 is 0 Å². The first kappa shape index (κ1) is 12.8. The molecule has 0 saturated carbocycles. The molecule has 2 saturated heterocycles. The predicted octanol–water partition coefficient (Wildman–Crippen LogP) is 1.15. The maximum Gasteiger partial charge on any atom is 0.240 e. The van der Waals surface area contributed by atoms with Gasteiger partial charge in [-0.1, -0.05) is 6.92 Å². The summed E-state index contributed by atoms with van der Waals surface area (Å²) in [6, 6.07) is 0.811. The summed E-state index contributed by atoms with van der Waals surface area (Å²) in [5.74, 6) is 0.279. The first-order valence-electron chi connectivity index (χ1n) is 6.75. The van der Waals surface area contributed by atoms with Gasteiger partial charge in [-0.3, -0.25) is 4.79 Å². The molecule has 4 nitrogen and oxygen atoms in total. The summed E-state index contributed by atoms with van der Waals surface area (Å²) >= 11 is 0. The van der Waals surface area contributed by atoms with Crippen LogP contribution < -0.4 is 5.32 Å². The molecule has 0 radical (unpaired) electrons. The van der Waals surface area contributed by atoms with Gasteiger partial charge in [0.1, 0.15) is 0 Å². The number of rotatable bonds is 3. The van der Waals surface area contributed by atoms with E-state index in [1.165, 1.54) is 0 Å². The summed E-state index contributed by atoms with van der Waals surface area (Å²) in [5.41, 5.74) is 0. The van der Waals surface area contributed by atoms with Crippen molar-refractivity contribution in [3.8, 4) is 0 Å². The number of hydrogen-bond donors (Lipinski definition) is 1. The minimum atomic E-state index is -0.0328. The largest absolute Gasteiger partial charge is 0.380 e. The normalized spacial score (nSPS) is 37.7. The van der Waals surface area contributed by atoms with E-state index in [9.17, 15) is 4.79 Å². The van der Waals surface area contributed by atoms with Crippen molar-refractivity contribution in [3.63, 3.8) is 0 Å². The van der Waals surface area contributed by atoms with Gasteiger partial charge in [0.2, 0.25) is 5.91 Å². The SMILES string of the molecule is CCC1CCC(C)N1C(=O)C1CC(OC)CN1. The minimum absolute atomic E-state index is 0.0328. The Bertz CT molecular complexity index is 283. The molecule has 1 N–H and O–H groups in total. The van der Waals surface area contributed by atoms with Gasteiger partial charge in [-0.05, 0) is 32.6 Å². The summed E-state index contributed by atoms with van der Waals surface area (Å²) in [7, 11) is 1.71. The standard InChI is InChI=1S/C13H24N2O2/c1-4-10-6-5-9(2)15(10)13(16)12-7-11(17-3)8-14-12/h9-12,14H,4-8H2,1-3H3. The zero-order valence-electron chi connectivity index (χ0n) is 11.1. The number of ether oxygens (including phenoxy) is 1. The first-order chi connectivity index (χ1) is 8.17. The van der Waals surface area contributed by atoms with Gasteiger partial charge in [-0.2, -0.15) is 0 Å². The lowest BCUT2D eigenvalue weighted by molar-refractivity contribution is -0.136. The third-order valence-electron chi connectivity index (χ3n) is 4.23. The van der Waals surface area contributed by atoms with Crippen molar-refractivity contribution in [1.82, 2.24) is 10.2 Å². The second-order valence-corrected chi connectivity index (χ2v) is 5.29. The molecule has 2 heterocycles. The molecule has 4 unspecified atom stereocenters. The summed E-state index contributed by atoms with van der Waals surface area (Å²) < 4.78 is 5.30. The van der Waals surface area contributed by atoms with Crippen LogP contribution in [0.15, 0.2) is 0 Å². The second-order valence-electron chi connectivity index (χ2n) is 5.29. The average Bonchev–Trinajstić information content (AvgIpc) is 2.94. The lowest BCUT2D eigenvalue weighted by Gasteiger charge is -2.30. The van der Waals surface area contributed by atoms with Crippen molar-refractivity contribution >= 4 is 5.91 Å². The first-order valence-corrected chi connectivity index (χ1v) is 6.75. The molecule has 1 amide bonds. The van der Waals surface area contributed by atoms with Crippen molar-refractivity contribution in [1.29, 1.82) is 0 Å². The Hall–Kier alpha value is -0.610. The van der Waals surface area contributed by atoms with Gasteiger partial charge in [0, 0.05) is 25.7 Å². The van der Waals surface area contributed by atoms with E-state index in [4.69, 9.17) is 4.74 Å². The highest BCUT2D eigenvalue weighted by Crippen LogP contribution is 2.28. The van der Waals surface area contributed by atoms with Crippen LogP contribution in [-0.2, 0) is 9.53 Å². The predicted molar refractivity (Wildman–Crippen MR) is 66.8 cm³/mol. The minimum Gasteiger partial charge on any atom is -0.380 e. The quantitative estimate of drug-likeness (QED) is 0.804. The Balaban J connectivity index is 1.99. The highest BCUT2D eigenvalue weighted by molar-refractivity contribution is 5.83. The zero-order valence-corrected chi connectivity index (χ0v) is 11.1. The van der Waals surface area contributed by atoms with Crippen molar-refractivity contribution in [2.24, 2.45) is 0 Å². The number of carbonyl (C=O) groups excluding carboxylic acids is 1. The van der Waals surface area contributed by atoms with Crippen LogP contribution in [0.2, 0.25) is 0 Å². The van der Waals surface area contributed by atoms with Gasteiger partial charge in [0.05, 0.1) is 12.1 Å². The van der Waals surface area contributed by atoms with E-state index in [0.29, 0.717) is 12.1 Å². The molecule has 4 heteroatoms. The Kier molecular flexibility index (Phi) is 4.05. The number of carbonyl (C=O) groups is 1. The molecule has 0 spiro atoms. The summed E-state index contributed by atoms with van der Waals surface area (Å²) in [5, 5.41) is 3.28. The number of methoxy groups -OCH3 is 1. The van der Waals surface area contributed by atoms with Crippen molar-refractivity contribution in [2.45, 2.75) is 63.8 Å². The molecule has 0 aromatic rings. The average molecular weight is 240 g/mol. The van der Waals surface area contributed by atoms with Crippen molar-refractivity contribution < 1.29 is 9.53 Å². The van der Waals surface area contributed by atoms with Gasteiger partial charge in [-0.25, -0.2) is 0 Å². The fourth-order valence-corrected chi connectivity index (χ4v) is 3.12. The van der Waals surface area contributed by atoms with E-state index in [2.05, 4.69) is 24.1 Å². The maximum absolute atomic E-state index is 12.5. The molecule has 17 heavy (non-hydrogen) atoms. The highest BCUT2D eigenvalue weighted by atomic mass is 16.5. The van der Waals surface area contributed by atoms with Gasteiger partial charge in [0.15, 0.2) is 0 Å². The lowest BCUT2D eigenvalue weighted by atomic mass is 10.1. The molecule has 0 aliphatic carbocycles. The van der Waals surface area contributed by atoms with Crippen LogP contribution in [0.4, 0.5) is 0 Å². The topological polar surface area (TPSA) is 41.6 Å². The van der Waals surface area contributed by atoms with Gasteiger partial charge in [-0.15, -0.1) is 0 Å². The van der Waals surface area contributed by atoms with Crippen LogP contribution in [0.25, 0.3) is 0 Å². The van der Waals surface area contributed by atoms with E-state index in [1.807, 2.05) is 0 Å². The van der Waals surface area contributed by atoms with E-state index >= 15 is 0 Å². The maximum atomic E-state index is 12.5. The fraction of sp³-hybridized carbons (Fsp3) is 0.923. The second kappa shape index (κ2) is 5.36. The van der Waals surface area contributed by atoms with E-state index in [0.717, 1.165) is 32.2 Å². The third kappa shape index (κ3) is 2.47. The van der Waals surface area contributed by atoms with Crippen LogP contribution in [-0.4, -0.2) is 48.7 Å². The Morgan fingerprint density at radius 2 is 2.24 bits per heavy atom.